The highest BCUT2D eigenvalue weighted by Crippen LogP contribution is 2.34. The van der Waals surface area contributed by atoms with Gasteiger partial charge in [-0.3, -0.25) is 19.4 Å². The van der Waals surface area contributed by atoms with E-state index in [1.54, 1.807) is 6.07 Å². The summed E-state index contributed by atoms with van der Waals surface area (Å²) in [7, 11) is 3.00. The molecular formula is C13H10BrClN2O3S. The Balaban J connectivity index is 2.51. The van der Waals surface area contributed by atoms with Crippen molar-refractivity contribution in [3.8, 4) is 5.75 Å². The SMILES string of the molecule is CN1C(=O)C(=Cc2cc(Cl)c(O)c(Br)c2)C(=O)N(C)C1=S. The molecule has 0 spiro atoms. The van der Waals surface area contributed by atoms with E-state index in [2.05, 4.69) is 15.9 Å². The molecule has 0 saturated carbocycles. The molecule has 5 nitrogen and oxygen atoms in total. The van der Waals surface area contributed by atoms with Gasteiger partial charge in [-0.1, -0.05) is 11.6 Å². The highest BCUT2D eigenvalue weighted by Gasteiger charge is 2.35. The first-order chi connectivity index (χ1) is 9.73. The quantitative estimate of drug-likeness (QED) is 0.455. The summed E-state index contributed by atoms with van der Waals surface area (Å²) in [4.78, 5) is 26.8. The Hall–Kier alpha value is -1.44. The van der Waals surface area contributed by atoms with Crippen molar-refractivity contribution in [3.63, 3.8) is 0 Å². The number of phenols is 1. The molecule has 0 aliphatic carbocycles. The van der Waals surface area contributed by atoms with Crippen LogP contribution in [0.1, 0.15) is 5.56 Å². The third-order valence-electron chi connectivity index (χ3n) is 2.99. The van der Waals surface area contributed by atoms with Crippen LogP contribution in [-0.4, -0.2) is 45.9 Å². The highest BCUT2D eigenvalue weighted by atomic mass is 79.9. The number of carbonyl (C=O) groups is 2. The lowest BCUT2D eigenvalue weighted by Gasteiger charge is -2.31. The van der Waals surface area contributed by atoms with Crippen LogP contribution in [0.5, 0.6) is 5.75 Å². The molecule has 110 valence electrons. The van der Waals surface area contributed by atoms with Crippen LogP contribution in [0.15, 0.2) is 22.2 Å². The average molecular weight is 390 g/mol. The Labute approximate surface area is 139 Å². The van der Waals surface area contributed by atoms with E-state index in [0.717, 1.165) is 0 Å². The van der Waals surface area contributed by atoms with Gasteiger partial charge in [0.2, 0.25) is 0 Å². The first-order valence-electron chi connectivity index (χ1n) is 5.73. The van der Waals surface area contributed by atoms with Crippen molar-refractivity contribution in [1.29, 1.82) is 0 Å². The fourth-order valence-electron chi connectivity index (χ4n) is 1.81. The molecule has 2 rings (SSSR count). The maximum absolute atomic E-state index is 12.2. The number of halogens is 2. The molecule has 1 aliphatic rings. The maximum atomic E-state index is 12.2. The van der Waals surface area contributed by atoms with E-state index in [9.17, 15) is 14.7 Å². The Kier molecular flexibility index (Phi) is 4.36. The molecule has 1 fully saturated rings. The standard InChI is InChI=1S/C13H10BrClN2O3S/c1-16-11(19)7(12(20)17(2)13(16)21)3-6-4-8(14)10(18)9(15)5-6/h3-5,18H,1-2H3. The molecule has 0 bridgehead atoms. The van der Waals surface area contributed by atoms with Crippen LogP contribution in [0.25, 0.3) is 6.08 Å². The second-order valence-electron chi connectivity index (χ2n) is 4.40. The van der Waals surface area contributed by atoms with E-state index in [1.807, 2.05) is 0 Å². The molecule has 0 unspecified atom stereocenters. The third-order valence-corrected chi connectivity index (χ3v) is 4.43. The van der Waals surface area contributed by atoms with E-state index in [-0.39, 0.29) is 21.5 Å². The maximum Gasteiger partial charge on any atom is 0.265 e. The van der Waals surface area contributed by atoms with Gasteiger partial charge in [0.25, 0.3) is 11.8 Å². The molecule has 1 saturated heterocycles. The number of aromatic hydroxyl groups is 1. The smallest absolute Gasteiger partial charge is 0.265 e. The lowest BCUT2D eigenvalue weighted by molar-refractivity contribution is -0.132. The number of hydrogen-bond acceptors (Lipinski definition) is 4. The molecule has 8 heteroatoms. The first-order valence-corrected chi connectivity index (χ1v) is 7.31. The number of amides is 2. The number of thiocarbonyl (C=S) groups is 1. The molecule has 2 amide bonds. The van der Waals surface area contributed by atoms with Gasteiger partial charge in [0.1, 0.15) is 11.3 Å². The normalized spacial score (nSPS) is 15.8. The van der Waals surface area contributed by atoms with Gasteiger partial charge in [0.05, 0.1) is 9.50 Å². The minimum atomic E-state index is -0.483. The Morgan fingerprint density at radius 3 is 2.24 bits per heavy atom. The molecule has 0 atom stereocenters. The predicted molar refractivity (Wildman–Crippen MR) is 86.9 cm³/mol. The van der Waals surface area contributed by atoms with Crippen molar-refractivity contribution in [3.05, 3.63) is 32.8 Å². The van der Waals surface area contributed by atoms with Crippen molar-refractivity contribution in [2.45, 2.75) is 0 Å². The van der Waals surface area contributed by atoms with Crippen molar-refractivity contribution in [2.24, 2.45) is 0 Å². The monoisotopic (exact) mass is 388 g/mol. The fourth-order valence-corrected chi connectivity index (χ4v) is 2.80. The summed E-state index contributed by atoms with van der Waals surface area (Å²) in [5.74, 6) is -1.07. The average Bonchev–Trinajstić information content (AvgIpc) is 2.45. The zero-order chi connectivity index (χ0) is 15.9. The third kappa shape index (κ3) is 2.81. The lowest BCUT2D eigenvalue weighted by atomic mass is 10.1. The van der Waals surface area contributed by atoms with Crippen molar-refractivity contribution in [2.75, 3.05) is 14.1 Å². The number of rotatable bonds is 1. The molecule has 1 N–H and O–H groups in total. The number of phenolic OH excluding ortho intramolecular Hbond substituents is 1. The summed E-state index contributed by atoms with van der Waals surface area (Å²) in [5.41, 5.74) is 0.484. The Morgan fingerprint density at radius 1 is 1.24 bits per heavy atom. The Morgan fingerprint density at radius 2 is 1.76 bits per heavy atom. The van der Waals surface area contributed by atoms with Crippen molar-refractivity contribution in [1.82, 2.24) is 9.80 Å². The number of likely N-dealkylation sites (N-methyl/N-ethyl adjacent to an activating group) is 2. The van der Waals surface area contributed by atoms with Gasteiger partial charge >= 0.3 is 0 Å². The predicted octanol–water partition coefficient (Wildman–Crippen LogP) is 2.41. The minimum Gasteiger partial charge on any atom is -0.505 e. The molecule has 1 aliphatic heterocycles. The summed E-state index contributed by atoms with van der Waals surface area (Å²) in [6, 6.07) is 3.02. The summed E-state index contributed by atoms with van der Waals surface area (Å²) in [6.07, 6.45) is 1.41. The highest BCUT2D eigenvalue weighted by molar-refractivity contribution is 9.10. The van der Waals surface area contributed by atoms with Crippen molar-refractivity contribution >= 4 is 62.8 Å². The van der Waals surface area contributed by atoms with E-state index >= 15 is 0 Å². The van der Waals surface area contributed by atoms with Gasteiger partial charge < -0.3 is 5.11 Å². The van der Waals surface area contributed by atoms with E-state index < -0.39 is 11.8 Å². The van der Waals surface area contributed by atoms with Crippen LogP contribution >= 0.6 is 39.7 Å². The molecule has 1 heterocycles. The zero-order valence-corrected chi connectivity index (χ0v) is 14.2. The van der Waals surface area contributed by atoms with Gasteiger partial charge in [0.15, 0.2) is 5.11 Å². The van der Waals surface area contributed by atoms with Gasteiger partial charge in [-0.05, 0) is 51.9 Å². The van der Waals surface area contributed by atoms with Crippen LogP contribution in [0.2, 0.25) is 5.02 Å². The van der Waals surface area contributed by atoms with Gasteiger partial charge in [-0.25, -0.2) is 0 Å². The number of benzene rings is 1. The fraction of sp³-hybridized carbons (Fsp3) is 0.154. The molecule has 21 heavy (non-hydrogen) atoms. The summed E-state index contributed by atoms with van der Waals surface area (Å²) < 4.78 is 0.370. The van der Waals surface area contributed by atoms with Gasteiger partial charge in [-0.15, -0.1) is 0 Å². The summed E-state index contributed by atoms with van der Waals surface area (Å²) in [5, 5.41) is 9.85. The lowest BCUT2D eigenvalue weighted by Crippen LogP contribution is -2.52. The van der Waals surface area contributed by atoms with Crippen LogP contribution in [0, 0.1) is 0 Å². The molecule has 0 aromatic heterocycles. The molecular weight excluding hydrogens is 380 g/mol. The number of nitrogens with zero attached hydrogens (tertiary/aromatic N) is 2. The van der Waals surface area contributed by atoms with Crippen LogP contribution in [-0.2, 0) is 9.59 Å². The van der Waals surface area contributed by atoms with Gasteiger partial charge in [0, 0.05) is 14.1 Å². The van der Waals surface area contributed by atoms with E-state index in [4.69, 9.17) is 23.8 Å². The topological polar surface area (TPSA) is 60.9 Å². The van der Waals surface area contributed by atoms with Crippen molar-refractivity contribution < 1.29 is 14.7 Å². The largest absolute Gasteiger partial charge is 0.505 e. The number of carbonyl (C=O) groups excluding carboxylic acids is 2. The first kappa shape index (κ1) is 15.9. The summed E-state index contributed by atoms with van der Waals surface area (Å²) >= 11 is 14.0. The Bertz CT molecular complexity index is 656. The van der Waals surface area contributed by atoms with E-state index in [1.165, 1.54) is 36.0 Å². The molecule has 1 aromatic carbocycles. The molecule has 0 radical (unpaired) electrons. The van der Waals surface area contributed by atoms with Crippen LogP contribution < -0.4 is 0 Å². The minimum absolute atomic E-state index is 0.0257. The second kappa shape index (κ2) is 5.75. The van der Waals surface area contributed by atoms with E-state index in [0.29, 0.717) is 10.0 Å². The summed E-state index contributed by atoms with van der Waals surface area (Å²) in [6.45, 7) is 0. The zero-order valence-electron chi connectivity index (χ0n) is 11.1. The molecule has 1 aromatic rings. The van der Waals surface area contributed by atoms with Crippen LogP contribution in [0.4, 0.5) is 0 Å². The van der Waals surface area contributed by atoms with Crippen LogP contribution in [0.3, 0.4) is 0 Å². The second-order valence-corrected chi connectivity index (χ2v) is 6.03. The van der Waals surface area contributed by atoms with Gasteiger partial charge in [-0.2, -0.15) is 0 Å². The number of hydrogen-bond donors (Lipinski definition) is 1.